The highest BCUT2D eigenvalue weighted by Crippen LogP contribution is 2.20. The summed E-state index contributed by atoms with van der Waals surface area (Å²) in [6.45, 7) is 9.15. The van der Waals surface area contributed by atoms with E-state index >= 15 is 0 Å². The van der Waals surface area contributed by atoms with Gasteiger partial charge in [-0.15, -0.1) is 0 Å². The van der Waals surface area contributed by atoms with Crippen molar-refractivity contribution in [3.05, 3.63) is 11.4 Å². The number of nitrogens with zero attached hydrogens (tertiary/aromatic N) is 4. The maximum atomic E-state index is 12.6. The van der Waals surface area contributed by atoms with Gasteiger partial charge in [-0.05, 0) is 20.4 Å². The second kappa shape index (κ2) is 6.98. The molecule has 0 atom stereocenters. The summed E-state index contributed by atoms with van der Waals surface area (Å²) in [5, 5.41) is 6.59. The number of hydrogen-bond acceptors (Lipinski definition) is 5. The number of piperazine rings is 1. The van der Waals surface area contributed by atoms with Crippen molar-refractivity contribution in [2.45, 2.75) is 25.7 Å². The van der Waals surface area contributed by atoms with Crippen LogP contribution in [0.5, 0.6) is 0 Å². The van der Waals surface area contributed by atoms with Gasteiger partial charge in [-0.3, -0.25) is 9.89 Å². The third-order valence-electron chi connectivity index (χ3n) is 4.26. The van der Waals surface area contributed by atoms with Crippen molar-refractivity contribution >= 4 is 15.9 Å². The standard InChI is InChI=1S/C14H25N5O3S/c1-5-18-6-8-19(9-7-18)13(20)10-17(4)23(21,22)14-11(2)15-16-12(14)3/h5-10H2,1-4H3,(H,15,16). The van der Waals surface area contributed by atoms with E-state index in [4.69, 9.17) is 0 Å². The molecular weight excluding hydrogens is 318 g/mol. The largest absolute Gasteiger partial charge is 0.339 e. The van der Waals surface area contributed by atoms with E-state index in [0.717, 1.165) is 23.9 Å². The average Bonchev–Trinajstić information content (AvgIpc) is 2.86. The molecule has 1 N–H and O–H groups in total. The topological polar surface area (TPSA) is 89.6 Å². The maximum absolute atomic E-state index is 12.6. The van der Waals surface area contributed by atoms with Crippen molar-refractivity contribution in [1.82, 2.24) is 24.3 Å². The zero-order valence-corrected chi connectivity index (χ0v) is 15.0. The summed E-state index contributed by atoms with van der Waals surface area (Å²) in [5.74, 6) is -0.161. The van der Waals surface area contributed by atoms with Gasteiger partial charge in [-0.1, -0.05) is 6.92 Å². The third kappa shape index (κ3) is 3.73. The molecule has 0 spiro atoms. The van der Waals surface area contributed by atoms with Gasteiger partial charge in [-0.2, -0.15) is 9.40 Å². The molecule has 0 saturated carbocycles. The van der Waals surface area contributed by atoms with E-state index in [2.05, 4.69) is 22.0 Å². The predicted octanol–water partition coefficient (Wildman–Crippen LogP) is -0.189. The van der Waals surface area contributed by atoms with Crippen LogP contribution in [0.4, 0.5) is 0 Å². The van der Waals surface area contributed by atoms with Crippen LogP contribution in [0.2, 0.25) is 0 Å². The Hall–Kier alpha value is -1.45. The van der Waals surface area contributed by atoms with Gasteiger partial charge < -0.3 is 9.80 Å². The summed E-state index contributed by atoms with van der Waals surface area (Å²) in [6, 6.07) is 0. The Labute approximate surface area is 137 Å². The zero-order chi connectivity index (χ0) is 17.2. The molecule has 1 aliphatic rings. The summed E-state index contributed by atoms with van der Waals surface area (Å²) in [6.07, 6.45) is 0. The molecule has 1 saturated heterocycles. The van der Waals surface area contributed by atoms with E-state index in [0.29, 0.717) is 24.5 Å². The van der Waals surface area contributed by atoms with Crippen molar-refractivity contribution < 1.29 is 13.2 Å². The number of amides is 1. The van der Waals surface area contributed by atoms with E-state index in [1.54, 1.807) is 18.7 Å². The molecule has 2 heterocycles. The number of rotatable bonds is 5. The van der Waals surface area contributed by atoms with Crippen LogP contribution in [0.15, 0.2) is 4.90 Å². The normalized spacial score (nSPS) is 17.0. The molecule has 0 bridgehead atoms. The summed E-state index contributed by atoms with van der Waals surface area (Å²) < 4.78 is 26.4. The molecule has 1 fully saturated rings. The fourth-order valence-corrected chi connectivity index (χ4v) is 4.21. The summed E-state index contributed by atoms with van der Waals surface area (Å²) in [4.78, 5) is 16.5. The lowest BCUT2D eigenvalue weighted by molar-refractivity contribution is -0.132. The Morgan fingerprint density at radius 1 is 1.26 bits per heavy atom. The van der Waals surface area contributed by atoms with Gasteiger partial charge in [0.1, 0.15) is 4.90 Å². The highest BCUT2D eigenvalue weighted by molar-refractivity contribution is 7.89. The van der Waals surface area contributed by atoms with Crippen molar-refractivity contribution in [3.63, 3.8) is 0 Å². The number of carbonyl (C=O) groups excluding carboxylic acids is 1. The van der Waals surface area contributed by atoms with E-state index in [-0.39, 0.29) is 17.3 Å². The first-order valence-corrected chi connectivity index (χ1v) is 9.19. The van der Waals surface area contributed by atoms with Crippen LogP contribution in [-0.4, -0.2) is 84.9 Å². The number of nitrogens with one attached hydrogen (secondary N) is 1. The van der Waals surface area contributed by atoms with Crippen LogP contribution in [0.1, 0.15) is 18.3 Å². The Morgan fingerprint density at radius 2 is 1.87 bits per heavy atom. The average molecular weight is 343 g/mol. The molecule has 23 heavy (non-hydrogen) atoms. The van der Waals surface area contributed by atoms with E-state index in [9.17, 15) is 13.2 Å². The molecule has 0 unspecified atom stereocenters. The first-order chi connectivity index (χ1) is 10.8. The molecular formula is C14H25N5O3S. The predicted molar refractivity (Wildman–Crippen MR) is 86.6 cm³/mol. The SMILES string of the molecule is CCN1CCN(C(=O)CN(C)S(=O)(=O)c2c(C)n[nH]c2C)CC1. The molecule has 1 amide bonds. The lowest BCUT2D eigenvalue weighted by atomic mass is 10.3. The third-order valence-corrected chi connectivity index (χ3v) is 6.33. The molecule has 1 aromatic heterocycles. The minimum absolute atomic E-state index is 0.154. The highest BCUT2D eigenvalue weighted by Gasteiger charge is 2.30. The van der Waals surface area contributed by atoms with Crippen LogP contribution in [0.25, 0.3) is 0 Å². The fraction of sp³-hybridized carbons (Fsp3) is 0.714. The quantitative estimate of drug-likeness (QED) is 0.800. The second-order valence-electron chi connectivity index (χ2n) is 5.84. The van der Waals surface area contributed by atoms with Crippen LogP contribution >= 0.6 is 0 Å². The first-order valence-electron chi connectivity index (χ1n) is 7.75. The lowest BCUT2D eigenvalue weighted by Gasteiger charge is -2.34. The Bertz CT molecular complexity index is 642. The Morgan fingerprint density at radius 3 is 2.35 bits per heavy atom. The minimum atomic E-state index is -3.72. The molecule has 0 aliphatic carbocycles. The van der Waals surface area contributed by atoms with E-state index in [1.165, 1.54) is 7.05 Å². The number of aryl methyl sites for hydroxylation is 2. The zero-order valence-electron chi connectivity index (χ0n) is 14.2. The lowest BCUT2D eigenvalue weighted by Crippen LogP contribution is -2.51. The van der Waals surface area contributed by atoms with Crippen molar-refractivity contribution in [3.8, 4) is 0 Å². The van der Waals surface area contributed by atoms with Crippen molar-refractivity contribution in [2.24, 2.45) is 0 Å². The van der Waals surface area contributed by atoms with Gasteiger partial charge >= 0.3 is 0 Å². The van der Waals surface area contributed by atoms with Crippen molar-refractivity contribution in [2.75, 3.05) is 46.3 Å². The van der Waals surface area contributed by atoms with Crippen LogP contribution < -0.4 is 0 Å². The van der Waals surface area contributed by atoms with Gasteiger partial charge in [-0.25, -0.2) is 8.42 Å². The summed E-state index contributed by atoms with van der Waals surface area (Å²) in [5.41, 5.74) is 0.900. The Kier molecular flexibility index (Phi) is 5.43. The van der Waals surface area contributed by atoms with Gasteiger partial charge in [0.25, 0.3) is 0 Å². The molecule has 1 aromatic rings. The molecule has 1 aliphatic heterocycles. The fourth-order valence-electron chi connectivity index (χ4n) is 2.77. The van der Waals surface area contributed by atoms with Crippen LogP contribution in [-0.2, 0) is 14.8 Å². The molecule has 0 radical (unpaired) electrons. The van der Waals surface area contributed by atoms with Gasteiger partial charge in [0.2, 0.25) is 15.9 Å². The first kappa shape index (κ1) is 17.9. The number of carbonyl (C=O) groups is 1. The summed E-state index contributed by atoms with van der Waals surface area (Å²) in [7, 11) is -2.29. The van der Waals surface area contributed by atoms with Gasteiger partial charge in [0, 0.05) is 33.2 Å². The molecule has 0 aromatic carbocycles. The second-order valence-corrected chi connectivity index (χ2v) is 7.82. The molecule has 9 heteroatoms. The number of sulfonamides is 1. The maximum Gasteiger partial charge on any atom is 0.246 e. The number of likely N-dealkylation sites (N-methyl/N-ethyl adjacent to an activating group) is 2. The number of aromatic nitrogens is 2. The van der Waals surface area contributed by atoms with Crippen LogP contribution in [0, 0.1) is 13.8 Å². The summed E-state index contributed by atoms with van der Waals surface area (Å²) >= 11 is 0. The highest BCUT2D eigenvalue weighted by atomic mass is 32.2. The number of hydrogen-bond donors (Lipinski definition) is 1. The minimum Gasteiger partial charge on any atom is -0.339 e. The smallest absolute Gasteiger partial charge is 0.246 e. The number of H-pyrrole nitrogens is 1. The molecule has 8 nitrogen and oxygen atoms in total. The van der Waals surface area contributed by atoms with Gasteiger partial charge in [0.15, 0.2) is 0 Å². The van der Waals surface area contributed by atoms with Crippen LogP contribution in [0.3, 0.4) is 0 Å². The van der Waals surface area contributed by atoms with E-state index in [1.807, 2.05) is 0 Å². The van der Waals surface area contributed by atoms with Crippen molar-refractivity contribution in [1.29, 1.82) is 0 Å². The Balaban J connectivity index is 2.04. The number of aromatic amines is 1. The monoisotopic (exact) mass is 343 g/mol. The van der Waals surface area contributed by atoms with Gasteiger partial charge in [0.05, 0.1) is 17.9 Å². The van der Waals surface area contributed by atoms with E-state index < -0.39 is 10.0 Å². The molecule has 2 rings (SSSR count). The molecule has 130 valence electrons.